The van der Waals surface area contributed by atoms with E-state index in [-0.39, 0.29) is 18.5 Å². The average Bonchev–Trinajstić information content (AvgIpc) is 2.76. The summed E-state index contributed by atoms with van der Waals surface area (Å²) in [6.45, 7) is 3.68. The van der Waals surface area contributed by atoms with Crippen LogP contribution < -0.4 is 0 Å². The van der Waals surface area contributed by atoms with Crippen LogP contribution in [0.1, 0.15) is 29.8 Å². The highest BCUT2D eigenvalue weighted by molar-refractivity contribution is 5.29. The van der Waals surface area contributed by atoms with Crippen LogP contribution in [0.3, 0.4) is 0 Å². The lowest BCUT2D eigenvalue weighted by molar-refractivity contribution is 0.276. The summed E-state index contributed by atoms with van der Waals surface area (Å²) in [6, 6.07) is 4.64. The Kier molecular flexibility index (Phi) is 3.19. The highest BCUT2D eigenvalue weighted by Crippen LogP contribution is 2.21. The summed E-state index contributed by atoms with van der Waals surface area (Å²) < 4.78 is 14.7. The van der Waals surface area contributed by atoms with Crippen molar-refractivity contribution in [3.63, 3.8) is 0 Å². The van der Waals surface area contributed by atoms with Gasteiger partial charge in [-0.3, -0.25) is 0 Å². The number of aromatic nitrogens is 3. The largest absolute Gasteiger partial charge is 0.390 e. The predicted molar refractivity (Wildman–Crippen MR) is 60.9 cm³/mol. The Morgan fingerprint density at radius 2 is 2.24 bits per heavy atom. The number of benzene rings is 1. The number of hydrogen-bond donors (Lipinski definition) is 1. The molecule has 1 N–H and O–H groups in total. The van der Waals surface area contributed by atoms with Crippen LogP contribution in [0.4, 0.5) is 4.39 Å². The molecule has 0 spiro atoms. The Bertz CT molecular complexity index is 524. The van der Waals surface area contributed by atoms with Crippen molar-refractivity contribution in [3.8, 4) is 0 Å². The molecule has 4 nitrogen and oxygen atoms in total. The van der Waals surface area contributed by atoms with Gasteiger partial charge in [-0.2, -0.15) is 0 Å². The van der Waals surface area contributed by atoms with Gasteiger partial charge in [0.15, 0.2) is 0 Å². The maximum Gasteiger partial charge on any atom is 0.123 e. The molecule has 0 aliphatic rings. The van der Waals surface area contributed by atoms with Crippen LogP contribution in [-0.4, -0.2) is 20.1 Å². The van der Waals surface area contributed by atoms with Crippen molar-refractivity contribution < 1.29 is 9.50 Å². The van der Waals surface area contributed by atoms with Gasteiger partial charge in [0, 0.05) is 0 Å². The SMILES string of the molecule is Cc1cc(F)ccc1[C@@H](C)n1cc(CO)nn1. The molecule has 0 saturated heterocycles. The third kappa shape index (κ3) is 2.34. The van der Waals surface area contributed by atoms with Gasteiger partial charge in [0.2, 0.25) is 0 Å². The van der Waals surface area contributed by atoms with Gasteiger partial charge in [-0.25, -0.2) is 9.07 Å². The smallest absolute Gasteiger partial charge is 0.123 e. The molecule has 0 radical (unpaired) electrons. The fourth-order valence-corrected chi connectivity index (χ4v) is 1.83. The zero-order valence-electron chi connectivity index (χ0n) is 9.76. The quantitative estimate of drug-likeness (QED) is 0.883. The Labute approximate surface area is 98.7 Å². The van der Waals surface area contributed by atoms with E-state index in [4.69, 9.17) is 5.11 Å². The van der Waals surface area contributed by atoms with E-state index in [2.05, 4.69) is 10.3 Å². The van der Waals surface area contributed by atoms with E-state index in [1.165, 1.54) is 12.1 Å². The van der Waals surface area contributed by atoms with E-state index in [1.54, 1.807) is 16.9 Å². The molecule has 0 aliphatic heterocycles. The maximum absolute atomic E-state index is 13.0. The van der Waals surface area contributed by atoms with Crippen molar-refractivity contribution in [2.45, 2.75) is 26.5 Å². The van der Waals surface area contributed by atoms with E-state index in [9.17, 15) is 4.39 Å². The summed E-state index contributed by atoms with van der Waals surface area (Å²) in [5.74, 6) is -0.243. The number of halogens is 1. The third-order valence-electron chi connectivity index (χ3n) is 2.80. The molecule has 1 atom stereocenters. The lowest BCUT2D eigenvalue weighted by Crippen LogP contribution is -2.09. The minimum atomic E-state index is -0.243. The molecule has 90 valence electrons. The highest BCUT2D eigenvalue weighted by atomic mass is 19.1. The third-order valence-corrected chi connectivity index (χ3v) is 2.80. The van der Waals surface area contributed by atoms with Gasteiger partial charge in [-0.15, -0.1) is 5.10 Å². The van der Waals surface area contributed by atoms with E-state index < -0.39 is 0 Å². The summed E-state index contributed by atoms with van der Waals surface area (Å²) in [5.41, 5.74) is 2.39. The maximum atomic E-state index is 13.0. The van der Waals surface area contributed by atoms with Crippen molar-refractivity contribution >= 4 is 0 Å². The van der Waals surface area contributed by atoms with Crippen LogP contribution in [0, 0.1) is 12.7 Å². The van der Waals surface area contributed by atoms with Crippen LogP contribution in [0.5, 0.6) is 0 Å². The second kappa shape index (κ2) is 4.63. The molecule has 1 heterocycles. The number of aliphatic hydroxyl groups is 1. The van der Waals surface area contributed by atoms with Gasteiger partial charge < -0.3 is 5.11 Å². The fraction of sp³-hybridized carbons (Fsp3) is 0.333. The zero-order chi connectivity index (χ0) is 12.4. The van der Waals surface area contributed by atoms with Crippen molar-refractivity contribution in [1.82, 2.24) is 15.0 Å². The minimum absolute atomic E-state index is 0.0385. The van der Waals surface area contributed by atoms with Gasteiger partial charge in [0.1, 0.15) is 11.5 Å². The van der Waals surface area contributed by atoms with Crippen molar-refractivity contribution in [2.24, 2.45) is 0 Å². The molecule has 1 aromatic carbocycles. The summed E-state index contributed by atoms with van der Waals surface area (Å²) in [5, 5.41) is 16.7. The second-order valence-electron chi connectivity index (χ2n) is 4.02. The molecule has 0 saturated carbocycles. The summed E-state index contributed by atoms with van der Waals surface area (Å²) >= 11 is 0. The Morgan fingerprint density at radius 1 is 1.47 bits per heavy atom. The van der Waals surface area contributed by atoms with Gasteiger partial charge in [-0.05, 0) is 37.1 Å². The number of rotatable bonds is 3. The fourth-order valence-electron chi connectivity index (χ4n) is 1.83. The van der Waals surface area contributed by atoms with Crippen LogP contribution >= 0.6 is 0 Å². The topological polar surface area (TPSA) is 50.9 Å². The first-order valence-corrected chi connectivity index (χ1v) is 5.39. The van der Waals surface area contributed by atoms with Crippen molar-refractivity contribution in [1.29, 1.82) is 0 Å². The number of hydrogen-bond acceptors (Lipinski definition) is 3. The van der Waals surface area contributed by atoms with Gasteiger partial charge >= 0.3 is 0 Å². The van der Waals surface area contributed by atoms with Crippen LogP contribution in [-0.2, 0) is 6.61 Å². The molecule has 0 aliphatic carbocycles. The molecular formula is C12H14FN3O. The molecule has 0 bridgehead atoms. The Balaban J connectivity index is 2.33. The van der Waals surface area contributed by atoms with Gasteiger partial charge in [0.05, 0.1) is 18.8 Å². The van der Waals surface area contributed by atoms with Crippen LogP contribution in [0.2, 0.25) is 0 Å². The monoisotopic (exact) mass is 235 g/mol. The molecule has 0 amide bonds. The van der Waals surface area contributed by atoms with Gasteiger partial charge in [-0.1, -0.05) is 11.3 Å². The summed E-state index contributed by atoms with van der Waals surface area (Å²) in [4.78, 5) is 0. The molecular weight excluding hydrogens is 221 g/mol. The van der Waals surface area contributed by atoms with Crippen LogP contribution in [0.25, 0.3) is 0 Å². The number of aliphatic hydroxyl groups excluding tert-OH is 1. The van der Waals surface area contributed by atoms with E-state index in [0.717, 1.165) is 11.1 Å². The number of aryl methyl sites for hydroxylation is 1. The molecule has 17 heavy (non-hydrogen) atoms. The second-order valence-corrected chi connectivity index (χ2v) is 4.02. The molecule has 0 fully saturated rings. The van der Waals surface area contributed by atoms with Crippen molar-refractivity contribution in [2.75, 3.05) is 0 Å². The normalized spacial score (nSPS) is 12.7. The Hall–Kier alpha value is -1.75. The van der Waals surface area contributed by atoms with E-state index in [1.807, 2.05) is 13.8 Å². The molecule has 2 rings (SSSR count). The van der Waals surface area contributed by atoms with Gasteiger partial charge in [0.25, 0.3) is 0 Å². The lowest BCUT2D eigenvalue weighted by Gasteiger charge is -2.14. The Morgan fingerprint density at radius 3 is 2.82 bits per heavy atom. The first kappa shape index (κ1) is 11.7. The summed E-state index contributed by atoms with van der Waals surface area (Å²) in [6.07, 6.45) is 1.69. The average molecular weight is 235 g/mol. The summed E-state index contributed by atoms with van der Waals surface area (Å²) in [7, 11) is 0. The molecule has 2 aromatic rings. The first-order chi connectivity index (χ1) is 8.11. The number of nitrogens with zero attached hydrogens (tertiary/aromatic N) is 3. The molecule has 5 heteroatoms. The lowest BCUT2D eigenvalue weighted by atomic mass is 10.0. The highest BCUT2D eigenvalue weighted by Gasteiger charge is 2.12. The predicted octanol–water partition coefficient (Wildman–Crippen LogP) is 1.83. The zero-order valence-corrected chi connectivity index (χ0v) is 9.76. The van der Waals surface area contributed by atoms with Crippen LogP contribution in [0.15, 0.2) is 24.4 Å². The standard InChI is InChI=1S/C12H14FN3O/c1-8-5-10(13)3-4-12(8)9(2)16-6-11(7-17)14-15-16/h3-6,9,17H,7H2,1-2H3/t9-/m1/s1. The minimum Gasteiger partial charge on any atom is -0.390 e. The molecule has 1 aromatic heterocycles. The van der Waals surface area contributed by atoms with Crippen molar-refractivity contribution in [3.05, 3.63) is 47.0 Å². The van der Waals surface area contributed by atoms with E-state index in [0.29, 0.717) is 5.69 Å². The first-order valence-electron chi connectivity index (χ1n) is 5.39. The molecule has 0 unspecified atom stereocenters. The van der Waals surface area contributed by atoms with E-state index >= 15 is 0 Å².